The Hall–Kier alpha value is -0.170. The van der Waals surface area contributed by atoms with Crippen LogP contribution in [0.5, 0.6) is 0 Å². The molecule has 0 aromatic rings. The lowest BCUT2D eigenvalue weighted by atomic mass is 10.1. The molecule has 0 spiro atoms. The molecule has 0 bridgehead atoms. The van der Waals surface area contributed by atoms with E-state index in [4.69, 9.17) is 0 Å². The van der Waals surface area contributed by atoms with Crippen molar-refractivity contribution in [3.63, 3.8) is 0 Å². The Morgan fingerprint density at radius 3 is 2.14 bits per heavy atom. The van der Waals surface area contributed by atoms with E-state index in [0.717, 1.165) is 45.4 Å². The highest BCUT2D eigenvalue weighted by molar-refractivity contribution is 7.89. The minimum Gasteiger partial charge on any atom is -0.317 e. The van der Waals surface area contributed by atoms with E-state index in [1.807, 2.05) is 0 Å². The molecule has 1 rings (SSSR count). The van der Waals surface area contributed by atoms with Crippen molar-refractivity contribution in [1.29, 1.82) is 0 Å². The Labute approximate surface area is 131 Å². The zero-order chi connectivity index (χ0) is 15.9. The fraction of sp³-hybridized carbons (Fsp3) is 1.00. The molecule has 0 unspecified atom stereocenters. The van der Waals surface area contributed by atoms with Gasteiger partial charge in [-0.05, 0) is 53.1 Å². The molecule has 0 aromatic carbocycles. The van der Waals surface area contributed by atoms with Crippen LogP contribution in [-0.2, 0) is 10.0 Å². The first-order valence-corrected chi connectivity index (χ1v) is 9.82. The normalized spacial score (nSPS) is 19.0. The highest BCUT2D eigenvalue weighted by Gasteiger charge is 2.30. The van der Waals surface area contributed by atoms with Crippen molar-refractivity contribution in [1.82, 2.24) is 14.5 Å². The Morgan fingerprint density at radius 1 is 1.00 bits per heavy atom. The van der Waals surface area contributed by atoms with E-state index in [2.05, 4.69) is 37.9 Å². The lowest BCUT2D eigenvalue weighted by Crippen LogP contribution is -2.54. The van der Waals surface area contributed by atoms with Crippen LogP contribution >= 0.6 is 0 Å². The summed E-state index contributed by atoms with van der Waals surface area (Å²) in [5, 5.41) is 3.31. The van der Waals surface area contributed by atoms with Gasteiger partial charge >= 0.3 is 0 Å². The van der Waals surface area contributed by atoms with Gasteiger partial charge in [-0.3, -0.25) is 4.90 Å². The number of unbranched alkanes of at least 4 members (excludes halogenated alkanes) is 1. The molecular weight excluding hydrogens is 286 g/mol. The average Bonchev–Trinajstić information content (AvgIpc) is 2.42. The van der Waals surface area contributed by atoms with E-state index < -0.39 is 10.0 Å². The number of sulfonamides is 1. The molecule has 0 radical (unpaired) electrons. The van der Waals surface area contributed by atoms with E-state index in [1.54, 1.807) is 4.31 Å². The molecule has 1 aliphatic rings. The van der Waals surface area contributed by atoms with E-state index >= 15 is 0 Å². The van der Waals surface area contributed by atoms with Gasteiger partial charge in [0.25, 0.3) is 0 Å². The standard InChI is InChI=1S/C15H33N3O2S/c1-5-8-16-9-6-7-14-21(19,20)18-12-10-17(11-13-18)15(2,3)4/h16H,5-14H2,1-4H3. The van der Waals surface area contributed by atoms with Crippen LogP contribution in [0.4, 0.5) is 0 Å². The third kappa shape index (κ3) is 6.63. The van der Waals surface area contributed by atoms with Crippen LogP contribution in [0, 0.1) is 0 Å². The molecule has 0 atom stereocenters. The molecule has 0 aromatic heterocycles. The summed E-state index contributed by atoms with van der Waals surface area (Å²) in [4.78, 5) is 2.35. The summed E-state index contributed by atoms with van der Waals surface area (Å²) in [5.41, 5.74) is 0.126. The maximum Gasteiger partial charge on any atom is 0.214 e. The van der Waals surface area contributed by atoms with E-state index in [9.17, 15) is 8.42 Å². The predicted octanol–water partition coefficient (Wildman–Crippen LogP) is 1.51. The molecule has 1 N–H and O–H groups in total. The third-order valence-corrected chi connectivity index (χ3v) is 5.97. The van der Waals surface area contributed by atoms with Crippen molar-refractivity contribution in [2.45, 2.75) is 52.5 Å². The van der Waals surface area contributed by atoms with Crippen LogP contribution < -0.4 is 5.32 Å². The molecule has 1 aliphatic heterocycles. The lowest BCUT2D eigenvalue weighted by Gasteiger charge is -2.41. The number of piperazine rings is 1. The molecule has 5 nitrogen and oxygen atoms in total. The Balaban J connectivity index is 2.29. The highest BCUT2D eigenvalue weighted by atomic mass is 32.2. The monoisotopic (exact) mass is 319 g/mol. The van der Waals surface area contributed by atoms with Crippen molar-refractivity contribution in [2.75, 3.05) is 45.0 Å². The molecule has 126 valence electrons. The smallest absolute Gasteiger partial charge is 0.214 e. The Morgan fingerprint density at radius 2 is 1.62 bits per heavy atom. The van der Waals surface area contributed by atoms with Gasteiger partial charge in [-0.2, -0.15) is 4.31 Å². The van der Waals surface area contributed by atoms with Gasteiger partial charge in [-0.1, -0.05) is 6.92 Å². The second-order valence-corrected chi connectivity index (χ2v) is 8.92. The quantitative estimate of drug-likeness (QED) is 0.689. The predicted molar refractivity (Wildman–Crippen MR) is 89.1 cm³/mol. The summed E-state index contributed by atoms with van der Waals surface area (Å²) in [7, 11) is -3.07. The van der Waals surface area contributed by atoms with Gasteiger partial charge in [0.1, 0.15) is 0 Å². The number of nitrogens with one attached hydrogen (secondary N) is 1. The number of rotatable bonds is 8. The van der Waals surface area contributed by atoms with E-state index in [-0.39, 0.29) is 11.3 Å². The number of hydrogen-bond acceptors (Lipinski definition) is 4. The maximum atomic E-state index is 12.3. The van der Waals surface area contributed by atoms with E-state index in [0.29, 0.717) is 13.1 Å². The van der Waals surface area contributed by atoms with Gasteiger partial charge in [0, 0.05) is 31.7 Å². The molecule has 1 fully saturated rings. The maximum absolute atomic E-state index is 12.3. The van der Waals surface area contributed by atoms with Gasteiger partial charge < -0.3 is 5.32 Å². The molecule has 1 saturated heterocycles. The zero-order valence-corrected chi connectivity index (χ0v) is 15.0. The minimum atomic E-state index is -3.07. The fourth-order valence-electron chi connectivity index (χ4n) is 2.60. The van der Waals surface area contributed by atoms with Gasteiger partial charge in [0.05, 0.1) is 5.75 Å². The summed E-state index contributed by atoms with van der Waals surface area (Å²) in [5.74, 6) is 0.288. The second kappa shape index (κ2) is 8.46. The largest absolute Gasteiger partial charge is 0.317 e. The van der Waals surface area contributed by atoms with Crippen LogP contribution in [0.15, 0.2) is 0 Å². The van der Waals surface area contributed by atoms with Gasteiger partial charge in [0.2, 0.25) is 10.0 Å². The summed E-state index contributed by atoms with van der Waals surface area (Å²) in [6, 6.07) is 0. The van der Waals surface area contributed by atoms with Crippen LogP contribution in [-0.4, -0.2) is 68.2 Å². The van der Waals surface area contributed by atoms with Gasteiger partial charge in [-0.25, -0.2) is 8.42 Å². The first kappa shape index (κ1) is 18.9. The molecule has 6 heteroatoms. The van der Waals surface area contributed by atoms with Crippen LogP contribution in [0.25, 0.3) is 0 Å². The van der Waals surface area contributed by atoms with Crippen molar-refractivity contribution < 1.29 is 8.42 Å². The van der Waals surface area contributed by atoms with E-state index in [1.165, 1.54) is 0 Å². The first-order chi connectivity index (χ1) is 9.77. The molecule has 1 heterocycles. The van der Waals surface area contributed by atoms with Crippen LogP contribution in [0.3, 0.4) is 0 Å². The Kier molecular flexibility index (Phi) is 7.60. The molecular formula is C15H33N3O2S. The minimum absolute atomic E-state index is 0.126. The molecule has 0 saturated carbocycles. The fourth-order valence-corrected chi connectivity index (χ4v) is 4.15. The first-order valence-electron chi connectivity index (χ1n) is 8.21. The Bertz CT molecular complexity index is 382. The SMILES string of the molecule is CCCNCCCCS(=O)(=O)N1CCN(C(C)(C)C)CC1. The summed E-state index contributed by atoms with van der Waals surface area (Å²) >= 11 is 0. The summed E-state index contributed by atoms with van der Waals surface area (Å²) < 4.78 is 26.3. The second-order valence-electron chi connectivity index (χ2n) is 6.83. The number of hydrogen-bond donors (Lipinski definition) is 1. The zero-order valence-electron chi connectivity index (χ0n) is 14.2. The van der Waals surface area contributed by atoms with Crippen molar-refractivity contribution in [3.05, 3.63) is 0 Å². The topological polar surface area (TPSA) is 52.7 Å². The van der Waals surface area contributed by atoms with Crippen LogP contribution in [0.2, 0.25) is 0 Å². The molecule has 0 aliphatic carbocycles. The summed E-state index contributed by atoms with van der Waals surface area (Å²) in [6.45, 7) is 13.5. The summed E-state index contributed by atoms with van der Waals surface area (Å²) in [6.07, 6.45) is 2.80. The third-order valence-electron chi connectivity index (χ3n) is 4.01. The van der Waals surface area contributed by atoms with Gasteiger partial charge in [-0.15, -0.1) is 0 Å². The number of nitrogens with zero attached hydrogens (tertiary/aromatic N) is 2. The molecule has 0 amide bonds. The van der Waals surface area contributed by atoms with Gasteiger partial charge in [0.15, 0.2) is 0 Å². The highest BCUT2D eigenvalue weighted by Crippen LogP contribution is 2.17. The van der Waals surface area contributed by atoms with Crippen LogP contribution in [0.1, 0.15) is 47.0 Å². The average molecular weight is 320 g/mol. The van der Waals surface area contributed by atoms with Crippen molar-refractivity contribution >= 4 is 10.0 Å². The lowest BCUT2D eigenvalue weighted by molar-refractivity contribution is 0.0922. The van der Waals surface area contributed by atoms with Crippen molar-refractivity contribution in [3.8, 4) is 0 Å². The van der Waals surface area contributed by atoms with Crippen molar-refractivity contribution in [2.24, 2.45) is 0 Å². The molecule has 21 heavy (non-hydrogen) atoms.